The predicted molar refractivity (Wildman–Crippen MR) is 92.2 cm³/mol. The topological polar surface area (TPSA) is 52.5 Å². The fourth-order valence-electron chi connectivity index (χ4n) is 2.74. The number of fused-ring (bicyclic) bond motifs is 1. The zero-order chi connectivity index (χ0) is 13.2. The maximum absolute atomic E-state index is 9.76. The molecule has 1 aliphatic heterocycles. The van der Waals surface area contributed by atoms with Gasteiger partial charge in [-0.3, -0.25) is 0 Å². The van der Waals surface area contributed by atoms with Gasteiger partial charge >= 0.3 is 0 Å². The van der Waals surface area contributed by atoms with Gasteiger partial charge in [0.1, 0.15) is 0 Å². The van der Waals surface area contributed by atoms with Gasteiger partial charge in [0, 0.05) is 12.5 Å². The van der Waals surface area contributed by atoms with Crippen LogP contribution in [0.3, 0.4) is 0 Å². The lowest BCUT2D eigenvalue weighted by molar-refractivity contribution is 0.402. The Morgan fingerprint density at radius 1 is 1.00 bits per heavy atom. The van der Waals surface area contributed by atoms with Crippen molar-refractivity contribution in [1.29, 1.82) is 0 Å². The lowest BCUT2D eigenvalue weighted by Gasteiger charge is -2.18. The van der Waals surface area contributed by atoms with Gasteiger partial charge in [0.05, 0.1) is 0 Å². The molecule has 0 fully saturated rings. The third-order valence-electron chi connectivity index (χ3n) is 3.73. The summed E-state index contributed by atoms with van der Waals surface area (Å²) in [5.74, 6) is 0.138. The van der Waals surface area contributed by atoms with Gasteiger partial charge in [-0.25, -0.2) is 0 Å². The van der Waals surface area contributed by atoms with Gasteiger partial charge in [0.25, 0.3) is 0 Å². The van der Waals surface area contributed by atoms with E-state index in [1.54, 1.807) is 12.1 Å². The first-order valence-electron chi connectivity index (χ1n) is 6.56. The molecule has 2 aromatic rings. The lowest BCUT2D eigenvalue weighted by Crippen LogP contribution is -2.20. The molecule has 5 heteroatoms. The lowest BCUT2D eigenvalue weighted by atomic mass is 9.88. The molecule has 114 valence electrons. The van der Waals surface area contributed by atoms with Crippen molar-refractivity contribution in [3.8, 4) is 11.5 Å². The molecular formula is C16H19BrClNO2. The van der Waals surface area contributed by atoms with Crippen molar-refractivity contribution in [2.75, 3.05) is 13.1 Å². The Labute approximate surface area is 141 Å². The summed E-state index contributed by atoms with van der Waals surface area (Å²) in [6.07, 6.45) is 0.868. The van der Waals surface area contributed by atoms with Crippen LogP contribution < -0.4 is 5.32 Å². The van der Waals surface area contributed by atoms with E-state index in [0.29, 0.717) is 0 Å². The van der Waals surface area contributed by atoms with Crippen molar-refractivity contribution in [3.05, 3.63) is 59.2 Å². The van der Waals surface area contributed by atoms with Gasteiger partial charge in [-0.15, -0.1) is 29.4 Å². The Hall–Kier alpha value is -1.23. The summed E-state index contributed by atoms with van der Waals surface area (Å²) in [7, 11) is 0. The number of hydrogen-bond acceptors (Lipinski definition) is 3. The zero-order valence-corrected chi connectivity index (χ0v) is 14.0. The largest absolute Gasteiger partial charge is 0.504 e. The Kier molecular flexibility index (Phi) is 6.52. The van der Waals surface area contributed by atoms with Crippen LogP contribution in [0.2, 0.25) is 0 Å². The Morgan fingerprint density at radius 2 is 1.67 bits per heavy atom. The molecule has 0 saturated heterocycles. The molecule has 0 aromatic heterocycles. The van der Waals surface area contributed by atoms with Crippen LogP contribution in [0, 0.1) is 0 Å². The van der Waals surface area contributed by atoms with Crippen molar-refractivity contribution in [2.24, 2.45) is 0 Å². The number of aromatic hydroxyl groups is 2. The third-order valence-corrected chi connectivity index (χ3v) is 3.73. The highest BCUT2D eigenvalue weighted by molar-refractivity contribution is 8.93. The summed E-state index contributed by atoms with van der Waals surface area (Å²) in [4.78, 5) is 0. The van der Waals surface area contributed by atoms with Gasteiger partial charge in [-0.2, -0.15) is 0 Å². The average Bonchev–Trinajstić information content (AvgIpc) is 2.63. The summed E-state index contributed by atoms with van der Waals surface area (Å²) in [5.41, 5.74) is 3.43. The second-order valence-electron chi connectivity index (χ2n) is 4.96. The molecule has 3 N–H and O–H groups in total. The van der Waals surface area contributed by atoms with Crippen molar-refractivity contribution in [3.63, 3.8) is 0 Å². The van der Waals surface area contributed by atoms with E-state index >= 15 is 0 Å². The van der Waals surface area contributed by atoms with E-state index in [0.717, 1.165) is 30.6 Å². The molecule has 0 amide bonds. The minimum atomic E-state index is -0.0402. The third kappa shape index (κ3) is 3.70. The SMILES string of the molecule is Br.Cl.Oc1cc2c(cc1O)C(c1ccccc1)CNCC2. The molecule has 2 aromatic carbocycles. The molecule has 0 aliphatic carbocycles. The molecule has 0 bridgehead atoms. The number of nitrogens with one attached hydrogen (secondary N) is 1. The fraction of sp³-hybridized carbons (Fsp3) is 0.250. The standard InChI is InChI=1S/C16H17NO2.BrH.ClH/c18-15-8-12-6-7-17-10-14(13(12)9-16(15)19)11-4-2-1-3-5-11;;/h1-5,8-9,14,17-19H,6-7,10H2;2*1H. The first-order valence-corrected chi connectivity index (χ1v) is 6.56. The number of rotatable bonds is 1. The summed E-state index contributed by atoms with van der Waals surface area (Å²) in [6, 6.07) is 13.7. The van der Waals surface area contributed by atoms with E-state index in [1.165, 1.54) is 5.56 Å². The Morgan fingerprint density at radius 3 is 2.38 bits per heavy atom. The maximum atomic E-state index is 9.76. The molecule has 21 heavy (non-hydrogen) atoms. The minimum Gasteiger partial charge on any atom is -0.504 e. The highest BCUT2D eigenvalue weighted by atomic mass is 79.9. The second kappa shape index (κ2) is 7.69. The van der Waals surface area contributed by atoms with Crippen molar-refractivity contribution in [1.82, 2.24) is 5.32 Å². The monoisotopic (exact) mass is 371 g/mol. The summed E-state index contributed by atoms with van der Waals surface area (Å²) in [6.45, 7) is 1.74. The average molecular weight is 373 g/mol. The Bertz CT molecular complexity index is 592. The number of phenols is 2. The number of halogens is 2. The van der Waals surface area contributed by atoms with Gasteiger partial charge < -0.3 is 15.5 Å². The second-order valence-corrected chi connectivity index (χ2v) is 4.96. The number of hydrogen-bond donors (Lipinski definition) is 3. The van der Waals surface area contributed by atoms with E-state index in [4.69, 9.17) is 0 Å². The molecule has 1 unspecified atom stereocenters. The van der Waals surface area contributed by atoms with Crippen molar-refractivity contribution >= 4 is 29.4 Å². The van der Waals surface area contributed by atoms with Crippen LogP contribution in [0.4, 0.5) is 0 Å². The molecule has 1 atom stereocenters. The first-order chi connectivity index (χ1) is 9.25. The normalized spacial score (nSPS) is 16.9. The maximum Gasteiger partial charge on any atom is 0.157 e. The van der Waals surface area contributed by atoms with Crippen LogP contribution in [0.1, 0.15) is 22.6 Å². The van der Waals surface area contributed by atoms with Crippen LogP contribution in [0.5, 0.6) is 11.5 Å². The fourth-order valence-corrected chi connectivity index (χ4v) is 2.74. The number of phenolic OH excluding ortho intramolecular Hbond substituents is 2. The molecule has 1 heterocycles. The first kappa shape index (κ1) is 17.8. The molecule has 0 radical (unpaired) electrons. The van der Waals surface area contributed by atoms with E-state index in [9.17, 15) is 10.2 Å². The molecule has 0 spiro atoms. The van der Waals surface area contributed by atoms with E-state index in [-0.39, 0.29) is 46.8 Å². The molecular weight excluding hydrogens is 354 g/mol. The highest BCUT2D eigenvalue weighted by Crippen LogP contribution is 2.36. The van der Waals surface area contributed by atoms with Crippen LogP contribution in [-0.2, 0) is 6.42 Å². The van der Waals surface area contributed by atoms with Crippen molar-refractivity contribution in [2.45, 2.75) is 12.3 Å². The molecule has 1 aliphatic rings. The summed E-state index contributed by atoms with van der Waals surface area (Å²) < 4.78 is 0. The van der Waals surface area contributed by atoms with E-state index in [2.05, 4.69) is 17.4 Å². The van der Waals surface area contributed by atoms with Crippen LogP contribution >= 0.6 is 29.4 Å². The minimum absolute atomic E-state index is 0. The number of benzene rings is 2. The quantitative estimate of drug-likeness (QED) is 0.673. The van der Waals surface area contributed by atoms with Crippen molar-refractivity contribution < 1.29 is 10.2 Å². The van der Waals surface area contributed by atoms with E-state index < -0.39 is 0 Å². The van der Waals surface area contributed by atoms with Gasteiger partial charge in [0.2, 0.25) is 0 Å². The summed E-state index contributed by atoms with van der Waals surface area (Å²) >= 11 is 0. The predicted octanol–water partition coefficient (Wildman–Crippen LogP) is 3.38. The highest BCUT2D eigenvalue weighted by Gasteiger charge is 2.21. The summed E-state index contributed by atoms with van der Waals surface area (Å²) in [5, 5.41) is 22.8. The van der Waals surface area contributed by atoms with E-state index in [1.807, 2.05) is 18.2 Å². The Balaban J connectivity index is 0.00000110. The van der Waals surface area contributed by atoms with Gasteiger partial charge in [-0.05, 0) is 41.8 Å². The molecule has 3 rings (SSSR count). The van der Waals surface area contributed by atoms with Gasteiger partial charge in [-0.1, -0.05) is 30.3 Å². The van der Waals surface area contributed by atoms with Crippen LogP contribution in [-0.4, -0.2) is 23.3 Å². The van der Waals surface area contributed by atoms with Crippen LogP contribution in [0.25, 0.3) is 0 Å². The zero-order valence-electron chi connectivity index (χ0n) is 11.5. The smallest absolute Gasteiger partial charge is 0.157 e. The molecule has 3 nitrogen and oxygen atoms in total. The molecule has 0 saturated carbocycles. The van der Waals surface area contributed by atoms with Crippen LogP contribution in [0.15, 0.2) is 42.5 Å². The van der Waals surface area contributed by atoms with Gasteiger partial charge in [0.15, 0.2) is 11.5 Å².